The molecule has 0 saturated heterocycles. The van der Waals surface area contributed by atoms with E-state index in [1.165, 1.54) is 0 Å². The maximum atomic E-state index is 12.2. The summed E-state index contributed by atoms with van der Waals surface area (Å²) < 4.78 is 5.52. The molecule has 4 nitrogen and oxygen atoms in total. The first-order valence-electron chi connectivity index (χ1n) is 7.23. The number of rotatable bonds is 4. The molecule has 1 unspecified atom stereocenters. The van der Waals surface area contributed by atoms with Crippen molar-refractivity contribution in [1.82, 2.24) is 5.32 Å². The van der Waals surface area contributed by atoms with E-state index < -0.39 is 0 Å². The van der Waals surface area contributed by atoms with E-state index in [2.05, 4.69) is 17.6 Å². The highest BCUT2D eigenvalue weighted by molar-refractivity contribution is 5.91. The Morgan fingerprint density at radius 3 is 2.62 bits per heavy atom. The fourth-order valence-corrected chi connectivity index (χ4v) is 2.31. The standard InChI is InChI=1S/C17H22N2O2/c1-5-14-8-6-7-11(2)16(14)19-17(20)18-13(4)15-10-9-12(3)21-15/h6-10,13H,5H2,1-4H3,(H2,18,19,20). The lowest BCUT2D eigenvalue weighted by Gasteiger charge is -2.16. The Bertz CT molecular complexity index is 631. The maximum absolute atomic E-state index is 12.2. The molecule has 4 heteroatoms. The molecular formula is C17H22N2O2. The second kappa shape index (κ2) is 6.48. The van der Waals surface area contributed by atoms with Crippen molar-refractivity contribution >= 4 is 11.7 Å². The number of carbonyl (C=O) groups excluding carboxylic acids is 1. The molecule has 0 fully saturated rings. The summed E-state index contributed by atoms with van der Waals surface area (Å²) >= 11 is 0. The number of urea groups is 1. The van der Waals surface area contributed by atoms with Gasteiger partial charge in [0, 0.05) is 5.69 Å². The Kier molecular flexibility index (Phi) is 4.68. The van der Waals surface area contributed by atoms with Crippen LogP contribution in [0, 0.1) is 13.8 Å². The molecule has 2 amide bonds. The van der Waals surface area contributed by atoms with E-state index in [0.29, 0.717) is 0 Å². The average molecular weight is 286 g/mol. The molecule has 2 aromatic rings. The van der Waals surface area contributed by atoms with Crippen molar-refractivity contribution in [3.05, 3.63) is 53.0 Å². The summed E-state index contributed by atoms with van der Waals surface area (Å²) in [4.78, 5) is 12.2. The third-order valence-corrected chi connectivity index (χ3v) is 3.51. The molecule has 1 aromatic carbocycles. The number of para-hydroxylation sites is 1. The van der Waals surface area contributed by atoms with Gasteiger partial charge in [-0.05, 0) is 50.5 Å². The van der Waals surface area contributed by atoms with E-state index in [1.54, 1.807) is 0 Å². The number of hydrogen-bond acceptors (Lipinski definition) is 2. The molecule has 0 aliphatic rings. The van der Waals surface area contributed by atoms with Gasteiger partial charge in [-0.3, -0.25) is 0 Å². The summed E-state index contributed by atoms with van der Waals surface area (Å²) in [5.41, 5.74) is 3.08. The van der Waals surface area contributed by atoms with Gasteiger partial charge >= 0.3 is 6.03 Å². The van der Waals surface area contributed by atoms with Crippen LogP contribution < -0.4 is 10.6 Å². The van der Waals surface area contributed by atoms with E-state index in [9.17, 15) is 4.79 Å². The highest BCUT2D eigenvalue weighted by atomic mass is 16.3. The minimum Gasteiger partial charge on any atom is -0.464 e. The molecule has 2 N–H and O–H groups in total. The lowest BCUT2D eigenvalue weighted by Crippen LogP contribution is -2.31. The van der Waals surface area contributed by atoms with Crippen LogP contribution in [0.15, 0.2) is 34.7 Å². The van der Waals surface area contributed by atoms with Crippen LogP contribution >= 0.6 is 0 Å². The minimum atomic E-state index is -0.222. The van der Waals surface area contributed by atoms with E-state index >= 15 is 0 Å². The molecule has 0 radical (unpaired) electrons. The molecule has 1 aromatic heterocycles. The van der Waals surface area contributed by atoms with E-state index in [-0.39, 0.29) is 12.1 Å². The van der Waals surface area contributed by atoms with Crippen LogP contribution in [0.5, 0.6) is 0 Å². The van der Waals surface area contributed by atoms with Gasteiger partial charge in [0.1, 0.15) is 11.5 Å². The number of amides is 2. The largest absolute Gasteiger partial charge is 0.464 e. The van der Waals surface area contributed by atoms with Gasteiger partial charge in [-0.25, -0.2) is 4.79 Å². The number of aryl methyl sites for hydroxylation is 3. The Labute approximate surface area is 125 Å². The third kappa shape index (κ3) is 3.66. The molecule has 2 rings (SSSR count). The van der Waals surface area contributed by atoms with Crippen molar-refractivity contribution in [2.45, 2.75) is 40.2 Å². The first-order valence-corrected chi connectivity index (χ1v) is 7.23. The zero-order valence-corrected chi connectivity index (χ0v) is 13.0. The normalized spacial score (nSPS) is 12.0. The second-order valence-electron chi connectivity index (χ2n) is 5.23. The predicted molar refractivity (Wildman–Crippen MR) is 84.6 cm³/mol. The van der Waals surface area contributed by atoms with E-state index in [1.807, 2.05) is 51.1 Å². The smallest absolute Gasteiger partial charge is 0.319 e. The summed E-state index contributed by atoms with van der Waals surface area (Å²) in [6, 6.07) is 9.41. The monoisotopic (exact) mass is 286 g/mol. The van der Waals surface area contributed by atoms with Gasteiger partial charge in [0.15, 0.2) is 0 Å². The van der Waals surface area contributed by atoms with Crippen molar-refractivity contribution in [2.75, 3.05) is 5.32 Å². The fourth-order valence-electron chi connectivity index (χ4n) is 2.31. The molecule has 0 aliphatic carbocycles. The van der Waals surface area contributed by atoms with E-state index in [0.717, 1.165) is 34.8 Å². The van der Waals surface area contributed by atoms with Gasteiger partial charge in [0.05, 0.1) is 6.04 Å². The minimum absolute atomic E-state index is 0.173. The van der Waals surface area contributed by atoms with Crippen LogP contribution in [-0.4, -0.2) is 6.03 Å². The van der Waals surface area contributed by atoms with Crippen LogP contribution in [-0.2, 0) is 6.42 Å². The number of furan rings is 1. The van der Waals surface area contributed by atoms with Gasteiger partial charge in [0.2, 0.25) is 0 Å². The lowest BCUT2D eigenvalue weighted by atomic mass is 10.1. The number of nitrogens with one attached hydrogen (secondary N) is 2. The number of anilines is 1. The number of hydrogen-bond donors (Lipinski definition) is 2. The molecule has 1 heterocycles. The van der Waals surface area contributed by atoms with Gasteiger partial charge in [-0.1, -0.05) is 25.1 Å². The van der Waals surface area contributed by atoms with Gasteiger partial charge in [-0.15, -0.1) is 0 Å². The van der Waals surface area contributed by atoms with Gasteiger partial charge in [0.25, 0.3) is 0 Å². The number of benzene rings is 1. The molecule has 1 atom stereocenters. The third-order valence-electron chi connectivity index (χ3n) is 3.51. The molecular weight excluding hydrogens is 264 g/mol. The van der Waals surface area contributed by atoms with Crippen molar-refractivity contribution in [2.24, 2.45) is 0 Å². The summed E-state index contributed by atoms with van der Waals surface area (Å²) in [6.07, 6.45) is 0.879. The zero-order valence-electron chi connectivity index (χ0n) is 13.0. The fraction of sp³-hybridized carbons (Fsp3) is 0.353. The topological polar surface area (TPSA) is 54.3 Å². The maximum Gasteiger partial charge on any atom is 0.319 e. The quantitative estimate of drug-likeness (QED) is 0.878. The van der Waals surface area contributed by atoms with Crippen molar-refractivity contribution in [1.29, 1.82) is 0 Å². The van der Waals surface area contributed by atoms with Crippen LogP contribution in [0.2, 0.25) is 0 Å². The predicted octanol–water partition coefficient (Wildman–Crippen LogP) is 4.34. The Morgan fingerprint density at radius 2 is 2.00 bits per heavy atom. The summed E-state index contributed by atoms with van der Waals surface area (Å²) in [6.45, 7) is 7.85. The average Bonchev–Trinajstić information content (AvgIpc) is 2.87. The first kappa shape index (κ1) is 15.2. The van der Waals surface area contributed by atoms with E-state index in [4.69, 9.17) is 4.42 Å². The second-order valence-corrected chi connectivity index (χ2v) is 5.23. The molecule has 21 heavy (non-hydrogen) atoms. The molecule has 0 bridgehead atoms. The summed E-state index contributed by atoms with van der Waals surface area (Å²) in [5, 5.41) is 5.84. The van der Waals surface area contributed by atoms with Crippen LogP contribution in [0.25, 0.3) is 0 Å². The molecule has 0 spiro atoms. The Morgan fingerprint density at radius 1 is 1.24 bits per heavy atom. The van der Waals surface area contributed by atoms with Crippen molar-refractivity contribution < 1.29 is 9.21 Å². The van der Waals surface area contributed by atoms with Crippen LogP contribution in [0.1, 0.15) is 42.5 Å². The highest BCUT2D eigenvalue weighted by Gasteiger charge is 2.14. The van der Waals surface area contributed by atoms with Crippen molar-refractivity contribution in [3.8, 4) is 0 Å². The van der Waals surface area contributed by atoms with Crippen LogP contribution in [0.3, 0.4) is 0 Å². The zero-order chi connectivity index (χ0) is 15.4. The Balaban J connectivity index is 2.05. The van der Waals surface area contributed by atoms with Gasteiger partial charge < -0.3 is 15.1 Å². The first-order chi connectivity index (χ1) is 10.0. The lowest BCUT2D eigenvalue weighted by molar-refractivity contribution is 0.247. The van der Waals surface area contributed by atoms with Crippen molar-refractivity contribution in [3.63, 3.8) is 0 Å². The van der Waals surface area contributed by atoms with Crippen LogP contribution in [0.4, 0.5) is 10.5 Å². The highest BCUT2D eigenvalue weighted by Crippen LogP contribution is 2.21. The molecule has 0 aliphatic heterocycles. The summed E-state index contributed by atoms with van der Waals surface area (Å²) in [7, 11) is 0. The summed E-state index contributed by atoms with van der Waals surface area (Å²) in [5.74, 6) is 1.59. The molecule has 0 saturated carbocycles. The Hall–Kier alpha value is -2.23. The molecule has 112 valence electrons. The SMILES string of the molecule is CCc1cccc(C)c1NC(=O)NC(C)c1ccc(C)o1. The van der Waals surface area contributed by atoms with Gasteiger partial charge in [-0.2, -0.15) is 0 Å². The number of carbonyl (C=O) groups is 1.